The highest BCUT2D eigenvalue weighted by Gasteiger charge is 2.33. The molecule has 3 aliphatic rings. The lowest BCUT2D eigenvalue weighted by atomic mass is 9.89. The lowest BCUT2D eigenvalue weighted by Crippen LogP contribution is -2.43. The van der Waals surface area contributed by atoms with Crippen LogP contribution < -0.4 is 10.1 Å². The quantitative estimate of drug-likeness (QED) is 0.914. The maximum atomic E-state index is 12.9. The van der Waals surface area contributed by atoms with E-state index in [0.29, 0.717) is 36.6 Å². The second-order valence-corrected chi connectivity index (χ2v) is 8.75. The summed E-state index contributed by atoms with van der Waals surface area (Å²) in [5.74, 6) is 1.45. The maximum absolute atomic E-state index is 12.9. The average molecular weight is 336 g/mol. The first-order valence-corrected chi connectivity index (χ1v) is 10.1. The van der Waals surface area contributed by atoms with E-state index in [1.165, 1.54) is 12.8 Å². The summed E-state index contributed by atoms with van der Waals surface area (Å²) in [6.45, 7) is 3.04. The van der Waals surface area contributed by atoms with Gasteiger partial charge < -0.3 is 10.1 Å². The first-order chi connectivity index (χ1) is 11.1. The van der Waals surface area contributed by atoms with Gasteiger partial charge in [0.25, 0.3) is 0 Å². The van der Waals surface area contributed by atoms with Crippen molar-refractivity contribution in [3.8, 4) is 5.75 Å². The molecule has 3 heterocycles. The molecule has 0 amide bonds. The molecule has 23 heavy (non-hydrogen) atoms. The van der Waals surface area contributed by atoms with Gasteiger partial charge in [-0.15, -0.1) is 0 Å². The number of hydrogen-bond acceptors (Lipinski definition) is 4. The van der Waals surface area contributed by atoms with Gasteiger partial charge in [-0.1, -0.05) is 0 Å². The van der Waals surface area contributed by atoms with Gasteiger partial charge in [0.1, 0.15) is 5.75 Å². The second-order valence-electron chi connectivity index (χ2n) is 6.81. The molecule has 1 unspecified atom stereocenters. The van der Waals surface area contributed by atoms with Gasteiger partial charge in [-0.25, -0.2) is 8.42 Å². The monoisotopic (exact) mass is 336 g/mol. The van der Waals surface area contributed by atoms with Crippen molar-refractivity contribution in [2.45, 2.75) is 43.0 Å². The molecule has 1 N–H and O–H groups in total. The zero-order chi connectivity index (χ0) is 15.9. The highest BCUT2D eigenvalue weighted by molar-refractivity contribution is 7.89. The maximum Gasteiger partial charge on any atom is 0.243 e. The van der Waals surface area contributed by atoms with E-state index in [0.717, 1.165) is 37.1 Å². The normalized spacial score (nSPS) is 26.2. The molecule has 3 aliphatic heterocycles. The summed E-state index contributed by atoms with van der Waals surface area (Å²) in [5, 5.41) is 3.56. The molecular formula is C17H24N2O3S. The fraction of sp³-hybridized carbons (Fsp3) is 0.647. The number of sulfonamides is 1. The van der Waals surface area contributed by atoms with Gasteiger partial charge >= 0.3 is 0 Å². The smallest absolute Gasteiger partial charge is 0.243 e. The van der Waals surface area contributed by atoms with Gasteiger partial charge in [-0.3, -0.25) is 0 Å². The van der Waals surface area contributed by atoms with Crippen LogP contribution in [0.25, 0.3) is 0 Å². The fourth-order valence-electron chi connectivity index (χ4n) is 4.10. The summed E-state index contributed by atoms with van der Waals surface area (Å²) in [6.07, 6.45) is 5.21. The van der Waals surface area contributed by atoms with Crippen molar-refractivity contribution in [1.82, 2.24) is 9.62 Å². The minimum Gasteiger partial charge on any atom is -0.493 e. The molecule has 1 aromatic carbocycles. The molecule has 5 nitrogen and oxygen atoms in total. The first-order valence-electron chi connectivity index (χ1n) is 8.64. The molecule has 0 radical (unpaired) electrons. The lowest BCUT2D eigenvalue weighted by Gasteiger charge is -2.34. The van der Waals surface area contributed by atoms with Crippen LogP contribution in [0.2, 0.25) is 0 Å². The minimum absolute atomic E-state index is 0.416. The molecular weight excluding hydrogens is 312 g/mol. The van der Waals surface area contributed by atoms with Crippen molar-refractivity contribution in [3.63, 3.8) is 0 Å². The Labute approximate surface area is 138 Å². The van der Waals surface area contributed by atoms with Crippen LogP contribution in [0.5, 0.6) is 5.75 Å². The number of nitrogens with one attached hydrogen (secondary N) is 1. The summed E-state index contributed by atoms with van der Waals surface area (Å²) < 4.78 is 32.9. The van der Waals surface area contributed by atoms with Gasteiger partial charge in [-0.05, 0) is 61.9 Å². The van der Waals surface area contributed by atoms with Crippen LogP contribution in [0.15, 0.2) is 23.1 Å². The Morgan fingerprint density at radius 2 is 2.00 bits per heavy atom. The summed E-state index contributed by atoms with van der Waals surface area (Å²) in [7, 11) is -3.37. The molecule has 0 bridgehead atoms. The number of piperidine rings is 1. The lowest BCUT2D eigenvalue weighted by molar-refractivity contribution is 0.234. The number of hydrogen-bond donors (Lipinski definition) is 1. The highest BCUT2D eigenvalue weighted by atomic mass is 32.2. The summed E-state index contributed by atoms with van der Waals surface area (Å²) in [5.41, 5.74) is 1.01. The van der Waals surface area contributed by atoms with Gasteiger partial charge in [-0.2, -0.15) is 4.31 Å². The molecule has 0 saturated carbocycles. The van der Waals surface area contributed by atoms with Gasteiger partial charge in [0.05, 0.1) is 11.5 Å². The van der Waals surface area contributed by atoms with Crippen LogP contribution in [0, 0.1) is 5.92 Å². The Morgan fingerprint density at radius 3 is 2.74 bits per heavy atom. The van der Waals surface area contributed by atoms with Crippen molar-refractivity contribution >= 4 is 10.0 Å². The highest BCUT2D eigenvalue weighted by Crippen LogP contribution is 2.31. The van der Waals surface area contributed by atoms with Crippen molar-refractivity contribution < 1.29 is 13.2 Å². The summed E-state index contributed by atoms with van der Waals surface area (Å²) >= 11 is 0. The largest absolute Gasteiger partial charge is 0.493 e. The molecule has 1 atom stereocenters. The van der Waals surface area contributed by atoms with E-state index in [-0.39, 0.29) is 0 Å². The molecule has 0 aromatic heterocycles. The van der Waals surface area contributed by atoms with Crippen LogP contribution >= 0.6 is 0 Å². The summed E-state index contributed by atoms with van der Waals surface area (Å²) in [4.78, 5) is 0.416. The minimum atomic E-state index is -3.37. The third kappa shape index (κ3) is 2.88. The Hall–Kier alpha value is -1.11. The van der Waals surface area contributed by atoms with Crippen LogP contribution in [0.4, 0.5) is 0 Å². The van der Waals surface area contributed by atoms with E-state index in [4.69, 9.17) is 4.74 Å². The van der Waals surface area contributed by atoms with E-state index in [2.05, 4.69) is 5.32 Å². The SMILES string of the molecule is O=S(=O)(c1ccc2c(c1)CCO2)N1CCC(C2CCCN2)CC1. The Bertz CT molecular complexity index is 675. The molecule has 0 aliphatic carbocycles. The molecule has 126 valence electrons. The zero-order valence-corrected chi connectivity index (χ0v) is 14.1. The molecule has 2 fully saturated rings. The van der Waals surface area contributed by atoms with E-state index in [1.54, 1.807) is 22.5 Å². The number of ether oxygens (including phenoxy) is 1. The number of fused-ring (bicyclic) bond motifs is 1. The van der Waals surface area contributed by atoms with Crippen molar-refractivity contribution in [2.24, 2.45) is 5.92 Å². The molecule has 0 spiro atoms. The van der Waals surface area contributed by atoms with E-state index >= 15 is 0 Å². The molecule has 2 saturated heterocycles. The number of nitrogens with zero attached hydrogens (tertiary/aromatic N) is 1. The van der Waals surface area contributed by atoms with Gasteiger partial charge in [0.15, 0.2) is 0 Å². The van der Waals surface area contributed by atoms with E-state index in [1.807, 2.05) is 0 Å². The van der Waals surface area contributed by atoms with Crippen LogP contribution in [-0.2, 0) is 16.4 Å². The predicted octanol–water partition coefficient (Wildman–Crippen LogP) is 1.77. The van der Waals surface area contributed by atoms with Crippen molar-refractivity contribution in [3.05, 3.63) is 23.8 Å². The van der Waals surface area contributed by atoms with Crippen molar-refractivity contribution in [2.75, 3.05) is 26.2 Å². The standard InChI is InChI=1S/C17H24N2O3S/c20-23(21,15-3-4-17-14(12-15)7-11-22-17)19-9-5-13(6-10-19)16-2-1-8-18-16/h3-4,12-13,16,18H,1-2,5-11H2. The Morgan fingerprint density at radius 1 is 1.17 bits per heavy atom. The second kappa shape index (κ2) is 6.07. The molecule has 1 aromatic rings. The Balaban J connectivity index is 1.47. The average Bonchev–Trinajstić information content (AvgIpc) is 3.25. The van der Waals surface area contributed by atoms with Gasteiger partial charge in [0, 0.05) is 25.6 Å². The zero-order valence-electron chi connectivity index (χ0n) is 13.3. The number of benzene rings is 1. The van der Waals surface area contributed by atoms with Gasteiger partial charge in [0.2, 0.25) is 10.0 Å². The molecule has 6 heteroatoms. The third-order valence-corrected chi connectivity index (χ3v) is 7.36. The first kappa shape index (κ1) is 15.4. The van der Waals surface area contributed by atoms with Crippen LogP contribution in [0.1, 0.15) is 31.2 Å². The van der Waals surface area contributed by atoms with Crippen LogP contribution in [-0.4, -0.2) is 45.0 Å². The van der Waals surface area contributed by atoms with Crippen molar-refractivity contribution in [1.29, 1.82) is 0 Å². The number of rotatable bonds is 3. The topological polar surface area (TPSA) is 58.6 Å². The summed E-state index contributed by atoms with van der Waals surface area (Å²) in [6, 6.07) is 5.87. The van der Waals surface area contributed by atoms with E-state index in [9.17, 15) is 8.42 Å². The van der Waals surface area contributed by atoms with Crippen LogP contribution in [0.3, 0.4) is 0 Å². The fourth-order valence-corrected chi connectivity index (χ4v) is 5.63. The predicted molar refractivity (Wildman–Crippen MR) is 88.1 cm³/mol. The third-order valence-electron chi connectivity index (χ3n) is 5.46. The van der Waals surface area contributed by atoms with E-state index < -0.39 is 10.0 Å². The molecule has 4 rings (SSSR count). The Kier molecular flexibility index (Phi) is 4.07.